The van der Waals surface area contributed by atoms with Crippen molar-refractivity contribution in [3.8, 4) is 0 Å². The molecule has 0 radical (unpaired) electrons. The van der Waals surface area contributed by atoms with Gasteiger partial charge in [0.15, 0.2) is 9.84 Å². The Labute approximate surface area is 105 Å². The lowest BCUT2D eigenvalue weighted by atomic mass is 9.91. The summed E-state index contributed by atoms with van der Waals surface area (Å²) in [5.74, 6) is 0.591. The molecule has 0 aliphatic rings. The highest BCUT2D eigenvalue weighted by Gasteiger charge is 2.30. The standard InChI is InChI=1S/C14H22O2S/c1-5-11(2)12(3)13(4)17(15,16)14-9-7-6-8-10-14/h6-13H,5H2,1-4H3. The maximum absolute atomic E-state index is 12.4. The second-order valence-corrected chi connectivity index (χ2v) is 7.11. The lowest BCUT2D eigenvalue weighted by molar-refractivity contribution is 0.365. The molecule has 0 fully saturated rings. The van der Waals surface area contributed by atoms with Gasteiger partial charge in [-0.15, -0.1) is 0 Å². The molecule has 0 spiro atoms. The third-order valence-corrected chi connectivity index (χ3v) is 6.18. The second kappa shape index (κ2) is 5.67. The van der Waals surface area contributed by atoms with Gasteiger partial charge in [-0.05, 0) is 30.9 Å². The maximum Gasteiger partial charge on any atom is 0.181 e. The van der Waals surface area contributed by atoms with E-state index in [4.69, 9.17) is 0 Å². The molecule has 0 saturated carbocycles. The minimum Gasteiger partial charge on any atom is -0.223 e. The molecule has 0 aromatic heterocycles. The molecular formula is C14H22O2S. The quantitative estimate of drug-likeness (QED) is 0.805. The van der Waals surface area contributed by atoms with Gasteiger partial charge in [-0.2, -0.15) is 0 Å². The van der Waals surface area contributed by atoms with Crippen molar-refractivity contribution in [3.63, 3.8) is 0 Å². The van der Waals surface area contributed by atoms with Crippen LogP contribution >= 0.6 is 0 Å². The summed E-state index contributed by atoms with van der Waals surface area (Å²) in [6, 6.07) is 8.73. The number of hydrogen-bond donors (Lipinski definition) is 0. The molecular weight excluding hydrogens is 232 g/mol. The SMILES string of the molecule is CCC(C)C(C)C(C)S(=O)(=O)c1ccccc1. The van der Waals surface area contributed by atoms with Crippen LogP contribution < -0.4 is 0 Å². The van der Waals surface area contributed by atoms with E-state index >= 15 is 0 Å². The highest BCUT2D eigenvalue weighted by Crippen LogP contribution is 2.27. The molecule has 2 nitrogen and oxygen atoms in total. The average molecular weight is 254 g/mol. The van der Waals surface area contributed by atoms with Crippen LogP contribution in [0.15, 0.2) is 35.2 Å². The van der Waals surface area contributed by atoms with Crippen LogP contribution in [0.2, 0.25) is 0 Å². The van der Waals surface area contributed by atoms with E-state index in [1.807, 2.05) is 19.9 Å². The summed E-state index contributed by atoms with van der Waals surface area (Å²) in [6.07, 6.45) is 1.01. The summed E-state index contributed by atoms with van der Waals surface area (Å²) in [6.45, 7) is 8.06. The van der Waals surface area contributed by atoms with Crippen LogP contribution in [-0.4, -0.2) is 13.7 Å². The highest BCUT2D eigenvalue weighted by molar-refractivity contribution is 7.92. The first kappa shape index (κ1) is 14.2. The van der Waals surface area contributed by atoms with Crippen LogP contribution in [0.4, 0.5) is 0 Å². The zero-order valence-corrected chi connectivity index (χ0v) is 11.9. The van der Waals surface area contributed by atoms with Gasteiger partial charge < -0.3 is 0 Å². The van der Waals surface area contributed by atoms with Crippen molar-refractivity contribution in [1.82, 2.24) is 0 Å². The van der Waals surface area contributed by atoms with Gasteiger partial charge in [-0.1, -0.05) is 45.4 Å². The van der Waals surface area contributed by atoms with Gasteiger partial charge in [-0.25, -0.2) is 8.42 Å². The average Bonchev–Trinajstić information content (AvgIpc) is 2.37. The van der Waals surface area contributed by atoms with Crippen LogP contribution in [-0.2, 0) is 9.84 Å². The molecule has 1 rings (SSSR count). The van der Waals surface area contributed by atoms with Crippen LogP contribution in [0.5, 0.6) is 0 Å². The Kier molecular flexibility index (Phi) is 4.75. The van der Waals surface area contributed by atoms with Crippen molar-refractivity contribution in [1.29, 1.82) is 0 Å². The smallest absolute Gasteiger partial charge is 0.181 e. The molecule has 0 amide bonds. The third-order valence-electron chi connectivity index (χ3n) is 3.84. The van der Waals surface area contributed by atoms with E-state index in [0.717, 1.165) is 6.42 Å². The molecule has 0 bridgehead atoms. The summed E-state index contributed by atoms with van der Waals surface area (Å²) in [7, 11) is -3.19. The van der Waals surface area contributed by atoms with Gasteiger partial charge in [0.2, 0.25) is 0 Å². The molecule has 17 heavy (non-hydrogen) atoms. The van der Waals surface area contributed by atoms with E-state index in [1.54, 1.807) is 24.3 Å². The van der Waals surface area contributed by atoms with Gasteiger partial charge in [0.05, 0.1) is 10.1 Å². The van der Waals surface area contributed by atoms with E-state index < -0.39 is 9.84 Å². The lowest BCUT2D eigenvalue weighted by Gasteiger charge is -2.25. The number of hydrogen-bond acceptors (Lipinski definition) is 2. The van der Waals surface area contributed by atoms with E-state index in [9.17, 15) is 8.42 Å². The molecule has 3 unspecified atom stereocenters. The minimum absolute atomic E-state index is 0.171. The predicted octanol–water partition coefficient (Wildman–Crippen LogP) is 3.53. The lowest BCUT2D eigenvalue weighted by Crippen LogP contribution is -2.29. The van der Waals surface area contributed by atoms with Crippen LogP contribution in [0.3, 0.4) is 0 Å². The van der Waals surface area contributed by atoms with E-state index in [0.29, 0.717) is 10.8 Å². The van der Waals surface area contributed by atoms with Crippen molar-refractivity contribution in [2.75, 3.05) is 0 Å². The first-order valence-corrected chi connectivity index (χ1v) is 7.74. The first-order chi connectivity index (χ1) is 7.91. The van der Waals surface area contributed by atoms with E-state index in [-0.39, 0.29) is 11.2 Å². The molecule has 1 aromatic rings. The van der Waals surface area contributed by atoms with Gasteiger partial charge in [0.1, 0.15) is 0 Å². The predicted molar refractivity (Wildman–Crippen MR) is 71.7 cm³/mol. The van der Waals surface area contributed by atoms with Gasteiger partial charge in [0.25, 0.3) is 0 Å². The maximum atomic E-state index is 12.4. The number of sulfone groups is 1. The molecule has 0 saturated heterocycles. The first-order valence-electron chi connectivity index (χ1n) is 6.20. The van der Waals surface area contributed by atoms with Crippen molar-refractivity contribution >= 4 is 9.84 Å². The van der Waals surface area contributed by atoms with Crippen LogP contribution in [0, 0.1) is 11.8 Å². The summed E-state index contributed by atoms with van der Waals surface area (Å²) >= 11 is 0. The fourth-order valence-corrected chi connectivity index (χ4v) is 3.74. The van der Waals surface area contributed by atoms with Crippen molar-refractivity contribution in [2.45, 2.75) is 44.3 Å². The summed E-state index contributed by atoms with van der Waals surface area (Å²) < 4.78 is 24.8. The Morgan fingerprint density at radius 1 is 1.06 bits per heavy atom. The Bertz CT molecular complexity index is 437. The van der Waals surface area contributed by atoms with E-state index in [2.05, 4.69) is 13.8 Å². The third kappa shape index (κ3) is 3.09. The van der Waals surface area contributed by atoms with Gasteiger partial charge >= 0.3 is 0 Å². The Morgan fingerprint density at radius 3 is 2.06 bits per heavy atom. The monoisotopic (exact) mass is 254 g/mol. The fraction of sp³-hybridized carbons (Fsp3) is 0.571. The van der Waals surface area contributed by atoms with E-state index in [1.165, 1.54) is 0 Å². The topological polar surface area (TPSA) is 34.1 Å². The molecule has 1 aromatic carbocycles. The second-order valence-electron chi connectivity index (χ2n) is 4.81. The Balaban J connectivity index is 3.00. The van der Waals surface area contributed by atoms with Gasteiger partial charge in [-0.3, -0.25) is 0 Å². The summed E-state index contributed by atoms with van der Waals surface area (Å²) in [4.78, 5) is 0.433. The van der Waals surface area contributed by atoms with Crippen LogP contribution in [0.25, 0.3) is 0 Å². The molecule has 3 atom stereocenters. The number of rotatable bonds is 5. The summed E-state index contributed by atoms with van der Waals surface area (Å²) in [5, 5.41) is -0.333. The fourth-order valence-electron chi connectivity index (χ4n) is 1.94. The normalized spacial score (nSPS) is 17.4. The molecule has 0 N–H and O–H groups in total. The number of benzene rings is 1. The van der Waals surface area contributed by atoms with Gasteiger partial charge in [0, 0.05) is 0 Å². The molecule has 0 aliphatic heterocycles. The largest absolute Gasteiger partial charge is 0.223 e. The zero-order valence-electron chi connectivity index (χ0n) is 11.1. The molecule has 0 aliphatic carbocycles. The Morgan fingerprint density at radius 2 is 1.59 bits per heavy atom. The zero-order chi connectivity index (χ0) is 13.1. The Hall–Kier alpha value is -0.830. The highest BCUT2D eigenvalue weighted by atomic mass is 32.2. The molecule has 0 heterocycles. The molecule has 3 heteroatoms. The van der Waals surface area contributed by atoms with Crippen molar-refractivity contribution in [3.05, 3.63) is 30.3 Å². The molecule has 96 valence electrons. The van der Waals surface area contributed by atoms with Crippen molar-refractivity contribution in [2.24, 2.45) is 11.8 Å². The van der Waals surface area contributed by atoms with Crippen LogP contribution in [0.1, 0.15) is 34.1 Å². The minimum atomic E-state index is -3.19. The van der Waals surface area contributed by atoms with Crippen molar-refractivity contribution < 1.29 is 8.42 Å². The summed E-state index contributed by atoms with van der Waals surface area (Å²) in [5.41, 5.74) is 0.